The van der Waals surface area contributed by atoms with Crippen molar-refractivity contribution in [1.82, 2.24) is 0 Å². The van der Waals surface area contributed by atoms with Crippen LogP contribution in [0.1, 0.15) is 36.7 Å². The van der Waals surface area contributed by atoms with Crippen molar-refractivity contribution in [1.29, 1.82) is 0 Å². The summed E-state index contributed by atoms with van der Waals surface area (Å²) in [5, 5.41) is 0. The molecule has 1 aromatic rings. The van der Waals surface area contributed by atoms with Gasteiger partial charge in [0.05, 0.1) is 5.56 Å². The zero-order valence-electron chi connectivity index (χ0n) is 9.43. The van der Waals surface area contributed by atoms with Gasteiger partial charge >= 0.3 is 5.97 Å². The Labute approximate surface area is 104 Å². The molecule has 0 atom stereocenters. The molecule has 0 aliphatic heterocycles. The summed E-state index contributed by atoms with van der Waals surface area (Å²) >= 11 is 2.17. The average molecular weight is 318 g/mol. The highest BCUT2D eigenvalue weighted by Crippen LogP contribution is 2.19. The average Bonchev–Trinajstić information content (AvgIpc) is 2.06. The van der Waals surface area contributed by atoms with E-state index in [0.29, 0.717) is 5.56 Å². The summed E-state index contributed by atoms with van der Waals surface area (Å²) in [6.07, 6.45) is 0. The molecule has 1 aromatic carbocycles. The highest BCUT2D eigenvalue weighted by Gasteiger charge is 2.19. The molecule has 0 aliphatic carbocycles. The van der Waals surface area contributed by atoms with Gasteiger partial charge in [0.25, 0.3) is 0 Å². The van der Waals surface area contributed by atoms with Gasteiger partial charge in [0.1, 0.15) is 5.60 Å². The number of halogens is 1. The Bertz CT molecular complexity index is 378. The molecular weight excluding hydrogens is 303 g/mol. The van der Waals surface area contributed by atoms with Gasteiger partial charge in [0.2, 0.25) is 0 Å². The van der Waals surface area contributed by atoms with Crippen LogP contribution in [0.5, 0.6) is 0 Å². The number of ether oxygens (including phenoxy) is 1. The van der Waals surface area contributed by atoms with E-state index in [9.17, 15) is 4.79 Å². The lowest BCUT2D eigenvalue weighted by molar-refractivity contribution is 0.00682. The summed E-state index contributed by atoms with van der Waals surface area (Å²) in [5.41, 5.74) is 1.30. The predicted molar refractivity (Wildman–Crippen MR) is 69.1 cm³/mol. The summed E-state index contributed by atoms with van der Waals surface area (Å²) in [7, 11) is 0. The molecule has 0 heterocycles. The lowest BCUT2D eigenvalue weighted by Crippen LogP contribution is -2.24. The molecule has 0 fully saturated rings. The van der Waals surface area contributed by atoms with Crippen molar-refractivity contribution < 1.29 is 9.53 Å². The van der Waals surface area contributed by atoms with Crippen LogP contribution in [0.3, 0.4) is 0 Å². The summed E-state index contributed by atoms with van der Waals surface area (Å²) in [5.74, 6) is -0.254. The van der Waals surface area contributed by atoms with E-state index in [1.54, 1.807) is 6.07 Å². The van der Waals surface area contributed by atoms with Crippen LogP contribution in [0.25, 0.3) is 0 Å². The van der Waals surface area contributed by atoms with Crippen LogP contribution in [0.15, 0.2) is 18.2 Å². The number of rotatable bonds is 1. The molecule has 0 aromatic heterocycles. The summed E-state index contributed by atoms with van der Waals surface area (Å²) in [6, 6.07) is 5.65. The normalized spacial score (nSPS) is 11.3. The van der Waals surface area contributed by atoms with Gasteiger partial charge in [-0.1, -0.05) is 12.1 Å². The standard InChI is InChI=1S/C12H15IO2/c1-8-6-5-7-9(10(8)13)11(14)15-12(2,3)4/h5-7H,1-4H3. The second kappa shape index (κ2) is 4.51. The molecule has 0 saturated heterocycles. The molecule has 0 bridgehead atoms. The monoisotopic (exact) mass is 318 g/mol. The van der Waals surface area contributed by atoms with Crippen LogP contribution in [0.2, 0.25) is 0 Å². The predicted octanol–water partition coefficient (Wildman–Crippen LogP) is 3.55. The van der Waals surface area contributed by atoms with E-state index < -0.39 is 5.60 Å². The SMILES string of the molecule is Cc1cccc(C(=O)OC(C)(C)C)c1I. The lowest BCUT2D eigenvalue weighted by Gasteiger charge is -2.20. The molecule has 82 valence electrons. The minimum absolute atomic E-state index is 0.254. The fourth-order valence-electron chi connectivity index (χ4n) is 1.14. The number of esters is 1. The maximum atomic E-state index is 11.8. The van der Waals surface area contributed by atoms with E-state index in [4.69, 9.17) is 4.74 Å². The molecule has 3 heteroatoms. The number of hydrogen-bond acceptors (Lipinski definition) is 2. The molecule has 0 aliphatic rings. The Morgan fingerprint density at radius 3 is 2.47 bits per heavy atom. The van der Waals surface area contributed by atoms with Crippen LogP contribution in [0, 0.1) is 10.5 Å². The molecule has 0 spiro atoms. The minimum Gasteiger partial charge on any atom is -0.456 e. The van der Waals surface area contributed by atoms with Crippen LogP contribution in [-0.4, -0.2) is 11.6 Å². The number of carbonyl (C=O) groups is 1. The second-order valence-corrected chi connectivity index (χ2v) is 5.52. The van der Waals surface area contributed by atoms with Crippen molar-refractivity contribution in [2.24, 2.45) is 0 Å². The third-order valence-electron chi connectivity index (χ3n) is 1.81. The Hall–Kier alpha value is -0.580. The summed E-state index contributed by atoms with van der Waals surface area (Å²) in [6.45, 7) is 7.59. The molecule has 0 amide bonds. The van der Waals surface area contributed by atoms with Crippen molar-refractivity contribution in [3.8, 4) is 0 Å². The van der Waals surface area contributed by atoms with Crippen LogP contribution >= 0.6 is 22.6 Å². The van der Waals surface area contributed by atoms with E-state index in [0.717, 1.165) is 9.13 Å². The molecule has 0 saturated carbocycles. The summed E-state index contributed by atoms with van der Waals surface area (Å²) in [4.78, 5) is 11.8. The number of carbonyl (C=O) groups excluding carboxylic acids is 1. The molecule has 0 unspecified atom stereocenters. The molecule has 15 heavy (non-hydrogen) atoms. The van der Waals surface area contributed by atoms with Crippen molar-refractivity contribution in [2.45, 2.75) is 33.3 Å². The first-order valence-corrected chi connectivity index (χ1v) is 5.87. The van der Waals surface area contributed by atoms with Crippen molar-refractivity contribution in [3.63, 3.8) is 0 Å². The quantitative estimate of drug-likeness (QED) is 0.585. The molecular formula is C12H15IO2. The number of benzene rings is 1. The third-order valence-corrected chi connectivity index (χ3v) is 3.24. The van der Waals surface area contributed by atoms with Gasteiger partial charge in [-0.2, -0.15) is 0 Å². The van der Waals surface area contributed by atoms with Gasteiger partial charge in [-0.15, -0.1) is 0 Å². The third kappa shape index (κ3) is 3.48. The van der Waals surface area contributed by atoms with Crippen molar-refractivity contribution in [2.75, 3.05) is 0 Å². The second-order valence-electron chi connectivity index (χ2n) is 4.44. The zero-order valence-corrected chi connectivity index (χ0v) is 11.6. The molecule has 0 N–H and O–H groups in total. The Balaban J connectivity index is 2.97. The Kier molecular flexibility index (Phi) is 3.76. The molecule has 1 rings (SSSR count). The van der Waals surface area contributed by atoms with Gasteiger partial charge < -0.3 is 4.74 Å². The summed E-state index contributed by atoms with van der Waals surface area (Å²) < 4.78 is 6.28. The van der Waals surface area contributed by atoms with Crippen LogP contribution < -0.4 is 0 Å². The van der Waals surface area contributed by atoms with Gasteiger partial charge in [-0.3, -0.25) is 0 Å². The first kappa shape index (κ1) is 12.5. The van der Waals surface area contributed by atoms with E-state index in [1.807, 2.05) is 39.8 Å². The first-order valence-electron chi connectivity index (χ1n) is 4.80. The minimum atomic E-state index is -0.441. The van der Waals surface area contributed by atoms with Gasteiger partial charge in [0.15, 0.2) is 0 Å². The smallest absolute Gasteiger partial charge is 0.339 e. The van der Waals surface area contributed by atoms with Crippen LogP contribution in [-0.2, 0) is 4.74 Å². The highest BCUT2D eigenvalue weighted by molar-refractivity contribution is 14.1. The topological polar surface area (TPSA) is 26.3 Å². The van der Waals surface area contributed by atoms with Gasteiger partial charge in [-0.05, 0) is 61.9 Å². The van der Waals surface area contributed by atoms with E-state index in [2.05, 4.69) is 22.6 Å². The fraction of sp³-hybridized carbons (Fsp3) is 0.417. The Morgan fingerprint density at radius 1 is 1.33 bits per heavy atom. The van der Waals surface area contributed by atoms with Crippen molar-refractivity contribution >= 4 is 28.6 Å². The number of hydrogen-bond donors (Lipinski definition) is 0. The largest absolute Gasteiger partial charge is 0.456 e. The molecule has 2 nitrogen and oxygen atoms in total. The zero-order chi connectivity index (χ0) is 11.6. The van der Waals surface area contributed by atoms with Crippen molar-refractivity contribution in [3.05, 3.63) is 32.9 Å². The van der Waals surface area contributed by atoms with E-state index in [1.165, 1.54) is 0 Å². The maximum absolute atomic E-state index is 11.8. The maximum Gasteiger partial charge on any atom is 0.339 e. The highest BCUT2D eigenvalue weighted by atomic mass is 127. The van der Waals surface area contributed by atoms with E-state index in [-0.39, 0.29) is 5.97 Å². The Morgan fingerprint density at radius 2 is 1.93 bits per heavy atom. The fourth-order valence-corrected chi connectivity index (χ4v) is 1.72. The van der Waals surface area contributed by atoms with Gasteiger partial charge in [-0.25, -0.2) is 4.79 Å². The lowest BCUT2D eigenvalue weighted by atomic mass is 10.1. The van der Waals surface area contributed by atoms with E-state index >= 15 is 0 Å². The van der Waals surface area contributed by atoms with Gasteiger partial charge in [0, 0.05) is 3.57 Å². The number of aryl methyl sites for hydroxylation is 1. The molecule has 0 radical (unpaired) electrons. The van der Waals surface area contributed by atoms with Crippen LogP contribution in [0.4, 0.5) is 0 Å². The first-order chi connectivity index (χ1) is 6.81.